The molecule has 78 valence electrons. The van der Waals surface area contributed by atoms with Gasteiger partial charge in [-0.05, 0) is 30.4 Å². The summed E-state index contributed by atoms with van der Waals surface area (Å²) in [7, 11) is 0. The van der Waals surface area contributed by atoms with Crippen LogP contribution in [0.15, 0.2) is 29.9 Å². The summed E-state index contributed by atoms with van der Waals surface area (Å²) in [4.78, 5) is 9.74. The summed E-state index contributed by atoms with van der Waals surface area (Å²) < 4.78 is 0. The highest BCUT2D eigenvalue weighted by Crippen LogP contribution is 2.20. The van der Waals surface area contributed by atoms with Crippen LogP contribution in [0.4, 0.5) is 0 Å². The minimum absolute atomic E-state index is 0.154. The molecule has 2 heterocycles. The Morgan fingerprint density at radius 2 is 2.13 bits per heavy atom. The topological polar surface area (TPSA) is 51.8 Å². The maximum absolute atomic E-state index is 5.70. The Bertz CT molecular complexity index is 406. The van der Waals surface area contributed by atoms with E-state index in [9.17, 15) is 0 Å². The van der Waals surface area contributed by atoms with Crippen molar-refractivity contribution in [2.75, 3.05) is 0 Å². The SMILES string of the molecule is CC(N)Cc1cnc(-c2cccs2)nc1. The zero-order valence-electron chi connectivity index (χ0n) is 8.55. The Morgan fingerprint density at radius 3 is 2.67 bits per heavy atom. The van der Waals surface area contributed by atoms with Crippen molar-refractivity contribution in [2.24, 2.45) is 5.73 Å². The zero-order chi connectivity index (χ0) is 10.7. The van der Waals surface area contributed by atoms with Crippen molar-refractivity contribution in [3.05, 3.63) is 35.5 Å². The standard InChI is InChI=1S/C11H13N3S/c1-8(12)5-9-6-13-11(14-7-9)10-3-2-4-15-10/h2-4,6-8H,5,12H2,1H3. The van der Waals surface area contributed by atoms with Crippen molar-refractivity contribution in [1.82, 2.24) is 9.97 Å². The van der Waals surface area contributed by atoms with Crippen molar-refractivity contribution in [1.29, 1.82) is 0 Å². The van der Waals surface area contributed by atoms with Crippen molar-refractivity contribution >= 4 is 11.3 Å². The minimum atomic E-state index is 0.154. The third-order valence-electron chi connectivity index (χ3n) is 2.00. The normalized spacial score (nSPS) is 12.7. The average Bonchev–Trinajstić information content (AvgIpc) is 2.71. The minimum Gasteiger partial charge on any atom is -0.328 e. The molecule has 1 unspecified atom stereocenters. The van der Waals surface area contributed by atoms with E-state index in [-0.39, 0.29) is 6.04 Å². The van der Waals surface area contributed by atoms with Crippen molar-refractivity contribution in [3.63, 3.8) is 0 Å². The molecule has 0 aliphatic rings. The molecule has 0 saturated heterocycles. The first-order valence-corrected chi connectivity index (χ1v) is 5.74. The fourth-order valence-corrected chi connectivity index (χ4v) is 2.04. The Labute approximate surface area is 93.0 Å². The molecule has 1 atom stereocenters. The van der Waals surface area contributed by atoms with Gasteiger partial charge in [-0.3, -0.25) is 0 Å². The van der Waals surface area contributed by atoms with E-state index in [0.717, 1.165) is 22.7 Å². The highest BCUT2D eigenvalue weighted by atomic mass is 32.1. The number of hydrogen-bond acceptors (Lipinski definition) is 4. The van der Waals surface area contributed by atoms with Gasteiger partial charge >= 0.3 is 0 Å². The average molecular weight is 219 g/mol. The summed E-state index contributed by atoms with van der Waals surface area (Å²) in [5.74, 6) is 0.790. The molecule has 0 aliphatic carbocycles. The van der Waals surface area contributed by atoms with E-state index in [0.29, 0.717) is 0 Å². The number of thiophene rings is 1. The molecule has 0 fully saturated rings. The van der Waals surface area contributed by atoms with Gasteiger partial charge in [0, 0.05) is 18.4 Å². The smallest absolute Gasteiger partial charge is 0.169 e. The van der Waals surface area contributed by atoms with Gasteiger partial charge in [-0.2, -0.15) is 0 Å². The third-order valence-corrected chi connectivity index (χ3v) is 2.87. The third kappa shape index (κ3) is 2.61. The van der Waals surface area contributed by atoms with Crippen LogP contribution in [0, 0.1) is 0 Å². The van der Waals surface area contributed by atoms with Gasteiger partial charge in [-0.1, -0.05) is 6.07 Å². The van der Waals surface area contributed by atoms with Crippen LogP contribution in [0.2, 0.25) is 0 Å². The summed E-state index contributed by atoms with van der Waals surface area (Å²) >= 11 is 1.65. The number of nitrogens with two attached hydrogens (primary N) is 1. The molecule has 0 amide bonds. The van der Waals surface area contributed by atoms with E-state index in [1.165, 1.54) is 0 Å². The molecule has 2 aromatic rings. The Morgan fingerprint density at radius 1 is 1.40 bits per heavy atom. The van der Waals surface area contributed by atoms with Gasteiger partial charge in [0.25, 0.3) is 0 Å². The van der Waals surface area contributed by atoms with Gasteiger partial charge in [0.1, 0.15) is 0 Å². The van der Waals surface area contributed by atoms with E-state index >= 15 is 0 Å². The second-order valence-electron chi connectivity index (χ2n) is 3.57. The summed E-state index contributed by atoms with van der Waals surface area (Å²) in [6, 6.07) is 4.17. The lowest BCUT2D eigenvalue weighted by molar-refractivity contribution is 0.732. The molecule has 2 rings (SSSR count). The van der Waals surface area contributed by atoms with Crippen LogP contribution in [0.3, 0.4) is 0 Å². The molecule has 3 nitrogen and oxygen atoms in total. The van der Waals surface area contributed by atoms with Crippen LogP contribution in [-0.4, -0.2) is 16.0 Å². The van der Waals surface area contributed by atoms with Crippen molar-refractivity contribution in [3.8, 4) is 10.7 Å². The second kappa shape index (κ2) is 4.51. The first-order chi connectivity index (χ1) is 7.25. The Kier molecular flexibility index (Phi) is 3.08. The second-order valence-corrected chi connectivity index (χ2v) is 4.52. The zero-order valence-corrected chi connectivity index (χ0v) is 9.37. The predicted octanol–water partition coefficient (Wildman–Crippen LogP) is 2.09. The summed E-state index contributed by atoms with van der Waals surface area (Å²) in [5.41, 5.74) is 6.79. The number of rotatable bonds is 3. The molecular weight excluding hydrogens is 206 g/mol. The molecule has 15 heavy (non-hydrogen) atoms. The molecular formula is C11H13N3S. The number of nitrogens with zero attached hydrogens (tertiary/aromatic N) is 2. The Balaban J connectivity index is 2.17. The lowest BCUT2D eigenvalue weighted by Crippen LogP contribution is -2.17. The van der Waals surface area contributed by atoms with Gasteiger partial charge in [0.2, 0.25) is 0 Å². The fourth-order valence-electron chi connectivity index (χ4n) is 1.37. The van der Waals surface area contributed by atoms with Gasteiger partial charge in [-0.25, -0.2) is 9.97 Å². The summed E-state index contributed by atoms with van der Waals surface area (Å²) in [5, 5.41) is 2.02. The van der Waals surface area contributed by atoms with E-state index in [4.69, 9.17) is 5.73 Å². The number of hydrogen-bond donors (Lipinski definition) is 1. The van der Waals surface area contributed by atoms with Crippen molar-refractivity contribution in [2.45, 2.75) is 19.4 Å². The summed E-state index contributed by atoms with van der Waals surface area (Å²) in [6.07, 6.45) is 4.53. The van der Waals surface area contributed by atoms with Crippen LogP contribution >= 0.6 is 11.3 Å². The highest BCUT2D eigenvalue weighted by molar-refractivity contribution is 7.13. The molecule has 0 spiro atoms. The van der Waals surface area contributed by atoms with Crippen LogP contribution in [0.1, 0.15) is 12.5 Å². The first kappa shape index (κ1) is 10.3. The van der Waals surface area contributed by atoms with Gasteiger partial charge < -0.3 is 5.73 Å². The molecule has 0 bridgehead atoms. The maximum atomic E-state index is 5.70. The highest BCUT2D eigenvalue weighted by Gasteiger charge is 2.03. The Hall–Kier alpha value is -1.26. The van der Waals surface area contributed by atoms with Crippen molar-refractivity contribution < 1.29 is 0 Å². The number of aromatic nitrogens is 2. The molecule has 2 N–H and O–H groups in total. The molecule has 4 heteroatoms. The molecule has 0 radical (unpaired) electrons. The predicted molar refractivity (Wildman–Crippen MR) is 62.7 cm³/mol. The molecule has 0 aliphatic heterocycles. The first-order valence-electron chi connectivity index (χ1n) is 4.86. The van der Waals surface area contributed by atoms with E-state index < -0.39 is 0 Å². The molecule has 0 saturated carbocycles. The lowest BCUT2D eigenvalue weighted by atomic mass is 10.1. The van der Waals surface area contributed by atoms with Gasteiger partial charge in [0.05, 0.1) is 4.88 Å². The van der Waals surface area contributed by atoms with E-state index in [2.05, 4.69) is 9.97 Å². The monoisotopic (exact) mass is 219 g/mol. The quantitative estimate of drug-likeness (QED) is 0.860. The van der Waals surface area contributed by atoms with Gasteiger partial charge in [0.15, 0.2) is 5.82 Å². The summed E-state index contributed by atoms with van der Waals surface area (Å²) in [6.45, 7) is 1.98. The van der Waals surface area contributed by atoms with E-state index in [1.54, 1.807) is 11.3 Å². The van der Waals surface area contributed by atoms with Crippen LogP contribution < -0.4 is 5.73 Å². The molecule has 0 aromatic carbocycles. The van der Waals surface area contributed by atoms with Gasteiger partial charge in [-0.15, -0.1) is 11.3 Å². The largest absolute Gasteiger partial charge is 0.328 e. The lowest BCUT2D eigenvalue weighted by Gasteiger charge is -2.04. The maximum Gasteiger partial charge on any atom is 0.169 e. The fraction of sp³-hybridized carbons (Fsp3) is 0.273. The van der Waals surface area contributed by atoms with Crippen LogP contribution in [0.5, 0.6) is 0 Å². The van der Waals surface area contributed by atoms with E-state index in [1.807, 2.05) is 36.8 Å². The molecule has 2 aromatic heterocycles. The van der Waals surface area contributed by atoms with Crippen LogP contribution in [0.25, 0.3) is 10.7 Å². The van der Waals surface area contributed by atoms with Crippen LogP contribution in [-0.2, 0) is 6.42 Å².